The first-order valence-electron chi connectivity index (χ1n) is 5.68. The molecule has 16 heavy (non-hydrogen) atoms. The molecular formula is C11H21N3OS. The van der Waals surface area contributed by atoms with Crippen molar-refractivity contribution in [2.24, 2.45) is 0 Å². The van der Waals surface area contributed by atoms with E-state index < -0.39 is 0 Å². The molecule has 1 aromatic heterocycles. The van der Waals surface area contributed by atoms with Crippen LogP contribution >= 0.6 is 11.8 Å². The van der Waals surface area contributed by atoms with E-state index in [-0.39, 0.29) is 12.1 Å². The average molecular weight is 243 g/mol. The maximum absolute atomic E-state index is 9.37. The van der Waals surface area contributed by atoms with Crippen LogP contribution in [0.2, 0.25) is 0 Å². The Morgan fingerprint density at radius 1 is 1.62 bits per heavy atom. The molecule has 0 aromatic carbocycles. The van der Waals surface area contributed by atoms with Gasteiger partial charge in [-0.15, -0.1) is 0 Å². The van der Waals surface area contributed by atoms with Crippen molar-refractivity contribution in [1.82, 2.24) is 15.3 Å². The third-order valence-corrected chi connectivity index (χ3v) is 3.42. The van der Waals surface area contributed by atoms with Gasteiger partial charge in [0, 0.05) is 23.7 Å². The minimum absolute atomic E-state index is 0.171. The van der Waals surface area contributed by atoms with Crippen LogP contribution in [0.1, 0.15) is 26.7 Å². The molecule has 1 aromatic rings. The van der Waals surface area contributed by atoms with Gasteiger partial charge in [0.1, 0.15) is 0 Å². The lowest BCUT2D eigenvalue weighted by Gasteiger charge is -2.28. The molecular weight excluding hydrogens is 222 g/mol. The number of aromatic amines is 1. The molecule has 1 rings (SSSR count). The highest BCUT2D eigenvalue weighted by Crippen LogP contribution is 2.18. The molecule has 0 amide bonds. The summed E-state index contributed by atoms with van der Waals surface area (Å²) in [5.41, 5.74) is -0.171. The SMILES string of the molecule is CCCNC(C)(CO)CCSc1ncc[nH]1. The Morgan fingerprint density at radius 3 is 3.00 bits per heavy atom. The van der Waals surface area contributed by atoms with E-state index in [1.807, 2.05) is 6.20 Å². The van der Waals surface area contributed by atoms with E-state index in [9.17, 15) is 5.11 Å². The van der Waals surface area contributed by atoms with E-state index in [1.54, 1.807) is 18.0 Å². The molecule has 0 saturated carbocycles. The largest absolute Gasteiger partial charge is 0.394 e. The predicted molar refractivity (Wildman–Crippen MR) is 67.7 cm³/mol. The van der Waals surface area contributed by atoms with Gasteiger partial charge in [-0.25, -0.2) is 4.98 Å². The van der Waals surface area contributed by atoms with Gasteiger partial charge in [-0.1, -0.05) is 18.7 Å². The summed E-state index contributed by atoms with van der Waals surface area (Å²) in [6.07, 6.45) is 5.58. The van der Waals surface area contributed by atoms with Crippen LogP contribution < -0.4 is 5.32 Å². The van der Waals surface area contributed by atoms with Gasteiger partial charge in [-0.2, -0.15) is 0 Å². The highest BCUT2D eigenvalue weighted by molar-refractivity contribution is 7.99. The second-order valence-corrected chi connectivity index (χ2v) is 5.22. The van der Waals surface area contributed by atoms with Crippen LogP contribution in [0, 0.1) is 0 Å². The number of nitrogens with zero attached hydrogens (tertiary/aromatic N) is 1. The Labute approximate surface area is 101 Å². The van der Waals surface area contributed by atoms with Crippen molar-refractivity contribution < 1.29 is 5.11 Å². The van der Waals surface area contributed by atoms with Gasteiger partial charge in [-0.05, 0) is 26.3 Å². The fraction of sp³-hybridized carbons (Fsp3) is 0.727. The standard InChI is InChI=1S/C11H21N3OS/c1-3-5-14-11(2,9-15)4-8-16-10-12-6-7-13-10/h6-7,14-15H,3-5,8-9H2,1-2H3,(H,12,13). The zero-order chi connectivity index (χ0) is 11.9. The lowest BCUT2D eigenvalue weighted by atomic mass is 10.0. The molecule has 1 unspecified atom stereocenters. The first-order valence-corrected chi connectivity index (χ1v) is 6.67. The Morgan fingerprint density at radius 2 is 2.44 bits per heavy atom. The number of rotatable bonds is 8. The molecule has 4 nitrogen and oxygen atoms in total. The summed E-state index contributed by atoms with van der Waals surface area (Å²) in [4.78, 5) is 7.20. The lowest BCUT2D eigenvalue weighted by Crippen LogP contribution is -2.46. The molecule has 3 N–H and O–H groups in total. The van der Waals surface area contributed by atoms with Crippen molar-refractivity contribution in [3.05, 3.63) is 12.4 Å². The third-order valence-electron chi connectivity index (χ3n) is 2.52. The molecule has 0 aliphatic rings. The third kappa shape index (κ3) is 4.55. The molecule has 0 saturated heterocycles. The van der Waals surface area contributed by atoms with Crippen molar-refractivity contribution in [2.45, 2.75) is 37.4 Å². The highest BCUT2D eigenvalue weighted by Gasteiger charge is 2.21. The minimum Gasteiger partial charge on any atom is -0.394 e. The summed E-state index contributed by atoms with van der Waals surface area (Å²) in [6.45, 7) is 5.31. The van der Waals surface area contributed by atoms with Crippen molar-refractivity contribution in [3.63, 3.8) is 0 Å². The van der Waals surface area contributed by atoms with Crippen molar-refractivity contribution in [3.8, 4) is 0 Å². The fourth-order valence-electron chi connectivity index (χ4n) is 1.35. The van der Waals surface area contributed by atoms with E-state index in [2.05, 4.69) is 29.1 Å². The van der Waals surface area contributed by atoms with Gasteiger partial charge in [0.25, 0.3) is 0 Å². The maximum Gasteiger partial charge on any atom is 0.165 e. The number of H-pyrrole nitrogens is 1. The predicted octanol–water partition coefficient (Wildman–Crippen LogP) is 1.64. The normalized spacial score (nSPS) is 14.9. The summed E-state index contributed by atoms with van der Waals surface area (Å²) in [7, 11) is 0. The van der Waals surface area contributed by atoms with E-state index in [1.165, 1.54) is 0 Å². The molecule has 1 atom stereocenters. The average Bonchev–Trinajstić information content (AvgIpc) is 2.79. The van der Waals surface area contributed by atoms with Crippen LogP contribution in [0.3, 0.4) is 0 Å². The number of thioether (sulfide) groups is 1. The smallest absolute Gasteiger partial charge is 0.165 e. The molecule has 92 valence electrons. The zero-order valence-corrected chi connectivity index (χ0v) is 10.8. The van der Waals surface area contributed by atoms with Crippen LogP contribution in [-0.4, -0.2) is 39.5 Å². The number of imidazole rings is 1. The van der Waals surface area contributed by atoms with Gasteiger partial charge in [-0.3, -0.25) is 0 Å². The van der Waals surface area contributed by atoms with E-state index in [4.69, 9.17) is 0 Å². The quantitative estimate of drug-likeness (QED) is 0.608. The molecule has 1 heterocycles. The number of hydrogen-bond donors (Lipinski definition) is 3. The van der Waals surface area contributed by atoms with Gasteiger partial charge < -0.3 is 15.4 Å². The molecule has 0 spiro atoms. The number of nitrogens with one attached hydrogen (secondary N) is 2. The summed E-state index contributed by atoms with van der Waals surface area (Å²) in [5, 5.41) is 13.7. The zero-order valence-electron chi connectivity index (χ0n) is 9.99. The Kier molecular flexibility index (Phi) is 5.87. The second-order valence-electron chi connectivity index (χ2n) is 4.14. The monoisotopic (exact) mass is 243 g/mol. The Hall–Kier alpha value is -0.520. The fourth-order valence-corrected chi connectivity index (χ4v) is 2.39. The summed E-state index contributed by atoms with van der Waals surface area (Å²) in [5.74, 6) is 0.946. The summed E-state index contributed by atoms with van der Waals surface area (Å²) < 4.78 is 0. The number of hydrogen-bond acceptors (Lipinski definition) is 4. The van der Waals surface area contributed by atoms with Crippen LogP contribution in [-0.2, 0) is 0 Å². The Bertz CT molecular complexity index is 279. The molecule has 0 bridgehead atoms. The van der Waals surface area contributed by atoms with Gasteiger partial charge in [0.15, 0.2) is 5.16 Å². The molecule has 0 radical (unpaired) electrons. The summed E-state index contributed by atoms with van der Waals surface area (Å²) in [6, 6.07) is 0. The van der Waals surface area contributed by atoms with Crippen molar-refractivity contribution in [1.29, 1.82) is 0 Å². The van der Waals surface area contributed by atoms with E-state index in [0.717, 1.165) is 30.3 Å². The molecule has 5 heteroatoms. The van der Waals surface area contributed by atoms with Crippen molar-refractivity contribution in [2.75, 3.05) is 18.9 Å². The molecule has 0 fully saturated rings. The molecule has 0 aliphatic heterocycles. The number of aliphatic hydroxyl groups excluding tert-OH is 1. The maximum atomic E-state index is 9.37. The van der Waals surface area contributed by atoms with Gasteiger partial charge in [0.05, 0.1) is 6.61 Å². The van der Waals surface area contributed by atoms with E-state index >= 15 is 0 Å². The molecule has 0 aliphatic carbocycles. The van der Waals surface area contributed by atoms with Crippen LogP contribution in [0.4, 0.5) is 0 Å². The number of aromatic nitrogens is 2. The summed E-state index contributed by atoms with van der Waals surface area (Å²) >= 11 is 1.69. The van der Waals surface area contributed by atoms with E-state index in [0.29, 0.717) is 0 Å². The Balaban J connectivity index is 2.27. The highest BCUT2D eigenvalue weighted by atomic mass is 32.2. The first-order chi connectivity index (χ1) is 7.70. The van der Waals surface area contributed by atoms with Crippen LogP contribution in [0.15, 0.2) is 17.6 Å². The lowest BCUT2D eigenvalue weighted by molar-refractivity contribution is 0.171. The minimum atomic E-state index is -0.171. The van der Waals surface area contributed by atoms with Gasteiger partial charge in [0.2, 0.25) is 0 Å². The number of aliphatic hydroxyl groups is 1. The van der Waals surface area contributed by atoms with Crippen LogP contribution in [0.5, 0.6) is 0 Å². The van der Waals surface area contributed by atoms with Gasteiger partial charge >= 0.3 is 0 Å². The first kappa shape index (κ1) is 13.5. The van der Waals surface area contributed by atoms with Crippen LogP contribution in [0.25, 0.3) is 0 Å². The second kappa shape index (κ2) is 6.93. The topological polar surface area (TPSA) is 60.9 Å². The van der Waals surface area contributed by atoms with Crippen molar-refractivity contribution >= 4 is 11.8 Å².